The van der Waals surface area contributed by atoms with Gasteiger partial charge >= 0.3 is 0 Å². The van der Waals surface area contributed by atoms with Crippen molar-refractivity contribution in [2.75, 3.05) is 5.32 Å². The second-order valence-corrected chi connectivity index (χ2v) is 4.86. The number of hydrogen-bond acceptors (Lipinski definition) is 3. The fourth-order valence-corrected chi connectivity index (χ4v) is 2.01. The molecular formula is C11H12BrN3O2. The lowest BCUT2D eigenvalue weighted by atomic mass is 10.1. The van der Waals surface area contributed by atoms with Crippen LogP contribution in [0.1, 0.15) is 12.8 Å². The summed E-state index contributed by atoms with van der Waals surface area (Å²) in [5.41, 5.74) is 5.38. The first-order chi connectivity index (χ1) is 8.10. The number of anilines is 1. The van der Waals surface area contributed by atoms with Crippen LogP contribution in [-0.2, 0) is 4.79 Å². The van der Waals surface area contributed by atoms with Crippen molar-refractivity contribution in [3.05, 3.63) is 28.7 Å². The number of amidine groups is 1. The first-order valence-corrected chi connectivity index (χ1v) is 5.93. The van der Waals surface area contributed by atoms with Gasteiger partial charge in [0, 0.05) is 4.47 Å². The van der Waals surface area contributed by atoms with Crippen molar-refractivity contribution in [3.8, 4) is 0 Å². The molecule has 0 radical (unpaired) electrons. The van der Waals surface area contributed by atoms with Crippen molar-refractivity contribution < 1.29 is 10.0 Å². The van der Waals surface area contributed by atoms with E-state index in [0.29, 0.717) is 18.5 Å². The summed E-state index contributed by atoms with van der Waals surface area (Å²) in [4.78, 5) is 12.0. The van der Waals surface area contributed by atoms with E-state index in [-0.39, 0.29) is 11.7 Å². The Morgan fingerprint density at radius 3 is 2.65 bits per heavy atom. The standard InChI is InChI=1S/C11H12BrN3O2/c12-7-3-1-2-4-8(7)14-10(16)11(5-6-11)9(13)15-17/h1-4,17H,5-6H2,(H2,13,15)(H,14,16). The zero-order chi connectivity index (χ0) is 12.5. The molecule has 4 N–H and O–H groups in total. The fourth-order valence-electron chi connectivity index (χ4n) is 1.62. The molecule has 0 heterocycles. The number of para-hydroxylation sites is 1. The van der Waals surface area contributed by atoms with Gasteiger partial charge in [0.2, 0.25) is 5.91 Å². The van der Waals surface area contributed by atoms with Crippen LogP contribution in [0.4, 0.5) is 5.69 Å². The van der Waals surface area contributed by atoms with Crippen LogP contribution in [0.5, 0.6) is 0 Å². The highest BCUT2D eigenvalue weighted by molar-refractivity contribution is 9.10. The molecule has 1 aromatic carbocycles. The molecule has 1 aromatic rings. The van der Waals surface area contributed by atoms with Gasteiger partial charge in [0.1, 0.15) is 5.41 Å². The van der Waals surface area contributed by atoms with Crippen molar-refractivity contribution in [1.82, 2.24) is 0 Å². The molecule has 1 aliphatic carbocycles. The van der Waals surface area contributed by atoms with Crippen molar-refractivity contribution in [2.24, 2.45) is 16.3 Å². The molecule has 5 nitrogen and oxygen atoms in total. The van der Waals surface area contributed by atoms with E-state index >= 15 is 0 Å². The van der Waals surface area contributed by atoms with Crippen molar-refractivity contribution >= 4 is 33.4 Å². The molecule has 0 saturated heterocycles. The monoisotopic (exact) mass is 297 g/mol. The smallest absolute Gasteiger partial charge is 0.238 e. The van der Waals surface area contributed by atoms with Gasteiger partial charge in [0.15, 0.2) is 5.84 Å². The Morgan fingerprint density at radius 2 is 2.12 bits per heavy atom. The van der Waals surface area contributed by atoms with Crippen LogP contribution in [0.3, 0.4) is 0 Å². The van der Waals surface area contributed by atoms with Crippen LogP contribution in [0, 0.1) is 5.41 Å². The zero-order valence-electron chi connectivity index (χ0n) is 8.98. The number of oxime groups is 1. The minimum atomic E-state index is -0.829. The molecule has 1 fully saturated rings. The summed E-state index contributed by atoms with van der Waals surface area (Å²) in [5.74, 6) is -0.262. The fraction of sp³-hybridized carbons (Fsp3) is 0.273. The highest BCUT2D eigenvalue weighted by atomic mass is 79.9. The van der Waals surface area contributed by atoms with Gasteiger partial charge in [-0.15, -0.1) is 0 Å². The summed E-state index contributed by atoms with van der Waals surface area (Å²) in [7, 11) is 0. The first-order valence-electron chi connectivity index (χ1n) is 5.14. The number of carbonyl (C=O) groups excluding carboxylic acids is 1. The molecule has 2 rings (SSSR count). The van der Waals surface area contributed by atoms with E-state index in [1.807, 2.05) is 18.2 Å². The molecular weight excluding hydrogens is 286 g/mol. The number of halogens is 1. The van der Waals surface area contributed by atoms with Crippen LogP contribution in [0.25, 0.3) is 0 Å². The third-order valence-corrected chi connectivity index (χ3v) is 3.60. The van der Waals surface area contributed by atoms with E-state index < -0.39 is 5.41 Å². The second-order valence-electron chi connectivity index (χ2n) is 4.00. The van der Waals surface area contributed by atoms with Gasteiger partial charge in [0.25, 0.3) is 0 Å². The number of rotatable bonds is 3. The van der Waals surface area contributed by atoms with Gasteiger partial charge in [-0.25, -0.2) is 0 Å². The van der Waals surface area contributed by atoms with E-state index in [9.17, 15) is 4.79 Å². The Morgan fingerprint density at radius 1 is 1.47 bits per heavy atom. The molecule has 0 atom stereocenters. The average Bonchev–Trinajstić information content (AvgIpc) is 3.12. The van der Waals surface area contributed by atoms with Crippen LogP contribution >= 0.6 is 15.9 Å². The summed E-state index contributed by atoms with van der Waals surface area (Å²) in [6.45, 7) is 0. The molecule has 1 saturated carbocycles. The number of hydrogen-bond donors (Lipinski definition) is 3. The lowest BCUT2D eigenvalue weighted by Crippen LogP contribution is -2.36. The average molecular weight is 298 g/mol. The van der Waals surface area contributed by atoms with Gasteiger partial charge in [-0.3, -0.25) is 4.79 Å². The Labute approximate surface area is 107 Å². The zero-order valence-corrected chi connectivity index (χ0v) is 10.6. The highest BCUT2D eigenvalue weighted by Gasteiger charge is 2.54. The number of amides is 1. The van der Waals surface area contributed by atoms with Crippen molar-refractivity contribution in [3.63, 3.8) is 0 Å². The Hall–Kier alpha value is -1.56. The van der Waals surface area contributed by atoms with Crippen molar-refractivity contribution in [1.29, 1.82) is 0 Å². The van der Waals surface area contributed by atoms with E-state index in [1.54, 1.807) is 6.07 Å². The first kappa shape index (κ1) is 11.9. The molecule has 17 heavy (non-hydrogen) atoms. The second kappa shape index (κ2) is 4.37. The predicted octanol–water partition coefficient (Wildman–Crippen LogP) is 1.91. The maximum atomic E-state index is 12.0. The van der Waals surface area contributed by atoms with E-state index in [4.69, 9.17) is 10.9 Å². The lowest BCUT2D eigenvalue weighted by molar-refractivity contribution is -0.119. The lowest BCUT2D eigenvalue weighted by Gasteiger charge is -2.14. The SMILES string of the molecule is N/C(=N/O)C1(C(=O)Nc2ccccc2Br)CC1. The molecule has 0 aliphatic heterocycles. The van der Waals surface area contributed by atoms with E-state index in [2.05, 4.69) is 26.4 Å². The summed E-state index contributed by atoms with van der Waals surface area (Å²) in [5, 5.41) is 14.4. The maximum absolute atomic E-state index is 12.0. The third-order valence-electron chi connectivity index (χ3n) is 2.90. The normalized spacial score (nSPS) is 17.6. The minimum absolute atomic E-state index is 0.0259. The molecule has 0 bridgehead atoms. The Bertz CT molecular complexity index is 483. The summed E-state index contributed by atoms with van der Waals surface area (Å²) >= 11 is 3.34. The Kier molecular flexibility index (Phi) is 3.06. The van der Waals surface area contributed by atoms with Crippen LogP contribution in [0.15, 0.2) is 33.9 Å². The third kappa shape index (κ3) is 2.12. The quantitative estimate of drug-likeness (QED) is 0.345. The molecule has 6 heteroatoms. The number of benzene rings is 1. The molecule has 1 amide bonds. The van der Waals surface area contributed by atoms with Gasteiger partial charge in [-0.1, -0.05) is 17.3 Å². The topological polar surface area (TPSA) is 87.7 Å². The maximum Gasteiger partial charge on any atom is 0.238 e. The molecule has 0 spiro atoms. The van der Waals surface area contributed by atoms with E-state index in [1.165, 1.54) is 0 Å². The number of carbonyl (C=O) groups is 1. The molecule has 0 unspecified atom stereocenters. The van der Waals surface area contributed by atoms with Crippen LogP contribution < -0.4 is 11.1 Å². The summed E-state index contributed by atoms with van der Waals surface area (Å²) < 4.78 is 0.795. The van der Waals surface area contributed by atoms with Gasteiger partial charge < -0.3 is 16.3 Å². The van der Waals surface area contributed by atoms with Gasteiger partial charge in [0.05, 0.1) is 5.69 Å². The summed E-state index contributed by atoms with van der Waals surface area (Å²) in [6.07, 6.45) is 1.22. The predicted molar refractivity (Wildman–Crippen MR) is 67.8 cm³/mol. The van der Waals surface area contributed by atoms with Crippen molar-refractivity contribution in [2.45, 2.75) is 12.8 Å². The molecule has 1 aliphatic rings. The number of nitrogens with zero attached hydrogens (tertiary/aromatic N) is 1. The summed E-state index contributed by atoms with van der Waals surface area (Å²) in [6, 6.07) is 7.29. The Balaban J connectivity index is 2.16. The number of nitrogens with two attached hydrogens (primary N) is 1. The van der Waals surface area contributed by atoms with Crippen LogP contribution in [0.2, 0.25) is 0 Å². The highest BCUT2D eigenvalue weighted by Crippen LogP contribution is 2.47. The van der Waals surface area contributed by atoms with Crippen LogP contribution in [-0.4, -0.2) is 17.0 Å². The largest absolute Gasteiger partial charge is 0.409 e. The molecule has 90 valence electrons. The van der Waals surface area contributed by atoms with E-state index in [0.717, 1.165) is 4.47 Å². The van der Waals surface area contributed by atoms with Gasteiger partial charge in [-0.05, 0) is 40.9 Å². The minimum Gasteiger partial charge on any atom is -0.409 e. The molecule has 0 aromatic heterocycles. The van der Waals surface area contributed by atoms with Gasteiger partial charge in [-0.2, -0.15) is 0 Å². The number of nitrogens with one attached hydrogen (secondary N) is 1.